The standard InChI is InChI=1S/C14H22ClFN4/c1-18(2)5-6-19-7-9-20(10-8-19)14-13(16)12(11-15)3-4-17-14/h3-4H,5-11H2,1-2H3. The van der Waals surface area contributed by atoms with Gasteiger partial charge in [0.2, 0.25) is 0 Å². The molecule has 0 aliphatic carbocycles. The van der Waals surface area contributed by atoms with Crippen LogP contribution >= 0.6 is 11.6 Å². The van der Waals surface area contributed by atoms with Gasteiger partial charge in [0.05, 0.1) is 5.88 Å². The molecule has 20 heavy (non-hydrogen) atoms. The van der Waals surface area contributed by atoms with Gasteiger partial charge < -0.3 is 9.80 Å². The molecule has 2 heterocycles. The quantitative estimate of drug-likeness (QED) is 0.771. The lowest BCUT2D eigenvalue weighted by Crippen LogP contribution is -2.48. The molecule has 1 aliphatic rings. The normalized spacial score (nSPS) is 16.9. The zero-order valence-corrected chi connectivity index (χ0v) is 12.9. The van der Waals surface area contributed by atoms with E-state index in [1.165, 1.54) is 0 Å². The van der Waals surface area contributed by atoms with E-state index in [1.807, 2.05) is 4.90 Å². The second-order valence-corrected chi connectivity index (χ2v) is 5.64. The van der Waals surface area contributed by atoms with Crippen LogP contribution in [0.25, 0.3) is 0 Å². The molecule has 0 N–H and O–H groups in total. The number of aromatic nitrogens is 1. The summed E-state index contributed by atoms with van der Waals surface area (Å²) in [5, 5.41) is 0. The van der Waals surface area contributed by atoms with E-state index in [0.717, 1.165) is 39.3 Å². The Bertz CT molecular complexity index is 433. The van der Waals surface area contributed by atoms with Gasteiger partial charge in [-0.1, -0.05) is 0 Å². The van der Waals surface area contributed by atoms with Gasteiger partial charge in [0.1, 0.15) is 0 Å². The van der Waals surface area contributed by atoms with Gasteiger partial charge in [0, 0.05) is 51.0 Å². The van der Waals surface area contributed by atoms with Gasteiger partial charge in [0.25, 0.3) is 0 Å². The van der Waals surface area contributed by atoms with Crippen LogP contribution < -0.4 is 4.90 Å². The molecule has 112 valence electrons. The largest absolute Gasteiger partial charge is 0.352 e. The molecule has 1 saturated heterocycles. The van der Waals surface area contributed by atoms with Crippen molar-refractivity contribution in [2.75, 3.05) is 58.3 Å². The van der Waals surface area contributed by atoms with E-state index in [2.05, 4.69) is 28.9 Å². The number of likely N-dealkylation sites (N-methyl/N-ethyl adjacent to an activating group) is 1. The Hall–Kier alpha value is -0.910. The van der Waals surface area contributed by atoms with Crippen LogP contribution in [0.2, 0.25) is 0 Å². The molecule has 1 aromatic rings. The van der Waals surface area contributed by atoms with E-state index >= 15 is 0 Å². The van der Waals surface area contributed by atoms with Crippen molar-refractivity contribution in [3.05, 3.63) is 23.6 Å². The molecule has 1 aromatic heterocycles. The Morgan fingerprint density at radius 2 is 2.00 bits per heavy atom. The summed E-state index contributed by atoms with van der Waals surface area (Å²) >= 11 is 5.74. The summed E-state index contributed by atoms with van der Waals surface area (Å²) in [4.78, 5) is 10.8. The minimum atomic E-state index is -0.274. The molecule has 4 nitrogen and oxygen atoms in total. The van der Waals surface area contributed by atoms with Crippen molar-refractivity contribution in [3.63, 3.8) is 0 Å². The van der Waals surface area contributed by atoms with Gasteiger partial charge in [-0.15, -0.1) is 11.6 Å². The molecule has 0 atom stereocenters. The number of halogens is 2. The molecule has 0 unspecified atom stereocenters. The van der Waals surface area contributed by atoms with Crippen LogP contribution in [0.4, 0.5) is 10.2 Å². The van der Waals surface area contributed by atoms with E-state index in [0.29, 0.717) is 11.4 Å². The number of pyridine rings is 1. The van der Waals surface area contributed by atoms with Crippen molar-refractivity contribution in [2.24, 2.45) is 0 Å². The first-order chi connectivity index (χ1) is 9.61. The Morgan fingerprint density at radius 3 is 2.60 bits per heavy atom. The zero-order valence-electron chi connectivity index (χ0n) is 12.1. The molecular weight excluding hydrogens is 279 g/mol. The maximum atomic E-state index is 14.2. The maximum absolute atomic E-state index is 14.2. The third kappa shape index (κ3) is 3.81. The van der Waals surface area contributed by atoms with Crippen molar-refractivity contribution < 1.29 is 4.39 Å². The van der Waals surface area contributed by atoms with Crippen molar-refractivity contribution in [2.45, 2.75) is 5.88 Å². The van der Waals surface area contributed by atoms with E-state index in [4.69, 9.17) is 11.6 Å². The number of nitrogens with zero attached hydrogens (tertiary/aromatic N) is 4. The van der Waals surface area contributed by atoms with Gasteiger partial charge >= 0.3 is 0 Å². The number of alkyl halides is 1. The van der Waals surface area contributed by atoms with E-state index in [1.54, 1.807) is 12.3 Å². The Morgan fingerprint density at radius 1 is 1.30 bits per heavy atom. The van der Waals surface area contributed by atoms with E-state index < -0.39 is 0 Å². The maximum Gasteiger partial charge on any atom is 0.170 e. The average molecular weight is 301 g/mol. The summed E-state index contributed by atoms with van der Waals surface area (Å²) in [6.45, 7) is 5.61. The number of piperazine rings is 1. The van der Waals surface area contributed by atoms with Gasteiger partial charge in [-0.3, -0.25) is 4.90 Å². The first-order valence-electron chi connectivity index (χ1n) is 6.93. The third-order valence-corrected chi connectivity index (χ3v) is 3.92. The van der Waals surface area contributed by atoms with Crippen LogP contribution in [0, 0.1) is 5.82 Å². The van der Waals surface area contributed by atoms with E-state index in [-0.39, 0.29) is 11.7 Å². The predicted molar refractivity (Wildman–Crippen MR) is 81.0 cm³/mol. The molecule has 0 aromatic carbocycles. The lowest BCUT2D eigenvalue weighted by atomic mass is 10.2. The Labute approximate surface area is 125 Å². The molecular formula is C14H22ClFN4. The molecule has 0 bridgehead atoms. The third-order valence-electron chi connectivity index (χ3n) is 3.63. The smallest absolute Gasteiger partial charge is 0.170 e. The highest BCUT2D eigenvalue weighted by atomic mass is 35.5. The molecule has 1 aliphatic heterocycles. The van der Waals surface area contributed by atoms with Crippen LogP contribution in [0.15, 0.2) is 12.3 Å². The summed E-state index contributed by atoms with van der Waals surface area (Å²) in [6.07, 6.45) is 1.63. The van der Waals surface area contributed by atoms with Gasteiger partial charge in [-0.2, -0.15) is 0 Å². The van der Waals surface area contributed by atoms with Crippen molar-refractivity contribution in [1.29, 1.82) is 0 Å². The van der Waals surface area contributed by atoms with Gasteiger partial charge in [-0.25, -0.2) is 9.37 Å². The second kappa shape index (κ2) is 7.20. The summed E-state index contributed by atoms with van der Waals surface area (Å²) < 4.78 is 14.2. The monoisotopic (exact) mass is 300 g/mol. The lowest BCUT2D eigenvalue weighted by Gasteiger charge is -2.36. The lowest BCUT2D eigenvalue weighted by molar-refractivity contribution is 0.228. The average Bonchev–Trinajstić information content (AvgIpc) is 2.46. The van der Waals surface area contributed by atoms with Crippen molar-refractivity contribution >= 4 is 17.4 Å². The van der Waals surface area contributed by atoms with Crippen molar-refractivity contribution in [3.8, 4) is 0 Å². The predicted octanol–water partition coefficient (Wildman–Crippen LogP) is 1.64. The van der Waals surface area contributed by atoms with E-state index in [9.17, 15) is 4.39 Å². The fourth-order valence-corrected chi connectivity index (χ4v) is 2.53. The summed E-state index contributed by atoms with van der Waals surface area (Å²) in [6, 6.07) is 1.64. The first kappa shape index (κ1) is 15.5. The van der Waals surface area contributed by atoms with Crippen molar-refractivity contribution in [1.82, 2.24) is 14.8 Å². The summed E-state index contributed by atoms with van der Waals surface area (Å²) in [7, 11) is 4.15. The highest BCUT2D eigenvalue weighted by molar-refractivity contribution is 6.17. The number of anilines is 1. The molecule has 0 radical (unpaired) electrons. The van der Waals surface area contributed by atoms with Gasteiger partial charge in [0.15, 0.2) is 11.6 Å². The summed E-state index contributed by atoms with van der Waals surface area (Å²) in [5.41, 5.74) is 0.520. The number of hydrogen-bond acceptors (Lipinski definition) is 4. The minimum Gasteiger partial charge on any atom is -0.352 e. The first-order valence-corrected chi connectivity index (χ1v) is 7.46. The van der Waals surface area contributed by atoms with Gasteiger partial charge in [-0.05, 0) is 20.2 Å². The van der Waals surface area contributed by atoms with Crippen LogP contribution in [0.3, 0.4) is 0 Å². The van der Waals surface area contributed by atoms with Crippen LogP contribution in [-0.2, 0) is 5.88 Å². The van der Waals surface area contributed by atoms with Crippen LogP contribution in [-0.4, -0.2) is 68.1 Å². The molecule has 0 spiro atoms. The molecule has 0 saturated carbocycles. The summed E-state index contributed by atoms with van der Waals surface area (Å²) in [5.74, 6) is 0.351. The second-order valence-electron chi connectivity index (χ2n) is 5.37. The topological polar surface area (TPSA) is 22.6 Å². The highest BCUT2D eigenvalue weighted by Gasteiger charge is 2.21. The Kier molecular flexibility index (Phi) is 5.57. The minimum absolute atomic E-state index is 0.185. The highest BCUT2D eigenvalue weighted by Crippen LogP contribution is 2.21. The molecule has 2 rings (SSSR count). The molecule has 1 fully saturated rings. The molecule has 6 heteroatoms. The fourth-order valence-electron chi connectivity index (χ4n) is 2.32. The zero-order chi connectivity index (χ0) is 14.5. The molecule has 0 amide bonds. The number of hydrogen-bond donors (Lipinski definition) is 0. The van der Waals surface area contributed by atoms with Crippen LogP contribution in [0.5, 0.6) is 0 Å². The Balaban J connectivity index is 1.94. The number of rotatable bonds is 5. The fraction of sp³-hybridized carbons (Fsp3) is 0.643. The SMILES string of the molecule is CN(C)CCN1CCN(c2nccc(CCl)c2F)CC1. The van der Waals surface area contributed by atoms with Crippen LogP contribution in [0.1, 0.15) is 5.56 Å².